The summed E-state index contributed by atoms with van der Waals surface area (Å²) in [5.74, 6) is 0.543. The summed E-state index contributed by atoms with van der Waals surface area (Å²) in [7, 11) is 0. The van der Waals surface area contributed by atoms with Gasteiger partial charge in [-0.05, 0) is 41.1 Å². The molecule has 1 heterocycles. The fraction of sp³-hybridized carbons (Fsp3) is 0.211. The van der Waals surface area contributed by atoms with Crippen LogP contribution >= 0.6 is 27.3 Å². The average Bonchev–Trinajstić information content (AvgIpc) is 3.08. The first-order valence-corrected chi connectivity index (χ1v) is 9.82. The Balaban J connectivity index is 1.61. The maximum Gasteiger partial charge on any atom is 0.258 e. The van der Waals surface area contributed by atoms with Gasteiger partial charge in [0, 0.05) is 6.07 Å². The summed E-state index contributed by atoms with van der Waals surface area (Å²) in [4.78, 5) is 16.6. The normalized spacial score (nSPS) is 10.4. The SMILES string of the molecule is CCOc1cc(C#N)cc(Br)c1OCC(=O)NCc1nc2ccccc2s1. The Morgan fingerprint density at radius 3 is 2.89 bits per heavy atom. The van der Waals surface area contributed by atoms with E-state index < -0.39 is 0 Å². The van der Waals surface area contributed by atoms with Crippen molar-refractivity contribution in [3.8, 4) is 17.6 Å². The number of nitrogens with zero attached hydrogens (tertiary/aromatic N) is 2. The zero-order valence-corrected chi connectivity index (χ0v) is 16.9. The van der Waals surface area contributed by atoms with Crippen molar-refractivity contribution in [2.24, 2.45) is 0 Å². The van der Waals surface area contributed by atoms with E-state index in [1.807, 2.05) is 31.2 Å². The van der Waals surface area contributed by atoms with E-state index in [0.717, 1.165) is 15.2 Å². The highest BCUT2D eigenvalue weighted by Gasteiger charge is 2.14. The van der Waals surface area contributed by atoms with Crippen molar-refractivity contribution in [3.05, 3.63) is 51.4 Å². The van der Waals surface area contributed by atoms with Gasteiger partial charge in [0.2, 0.25) is 0 Å². The molecule has 0 unspecified atom stereocenters. The maximum atomic E-state index is 12.1. The quantitative estimate of drug-likeness (QED) is 0.593. The highest BCUT2D eigenvalue weighted by atomic mass is 79.9. The Morgan fingerprint density at radius 1 is 1.33 bits per heavy atom. The number of halogens is 1. The molecular weight excluding hydrogens is 430 g/mol. The van der Waals surface area contributed by atoms with Crippen LogP contribution in [0.2, 0.25) is 0 Å². The summed E-state index contributed by atoms with van der Waals surface area (Å²) in [6, 6.07) is 13.1. The Hall–Kier alpha value is -2.63. The fourth-order valence-electron chi connectivity index (χ4n) is 2.39. The zero-order valence-electron chi connectivity index (χ0n) is 14.5. The summed E-state index contributed by atoms with van der Waals surface area (Å²) >= 11 is 4.90. The number of carbonyl (C=O) groups is 1. The van der Waals surface area contributed by atoms with Crippen LogP contribution in [-0.4, -0.2) is 24.1 Å². The van der Waals surface area contributed by atoms with E-state index in [9.17, 15) is 4.79 Å². The number of aromatic nitrogens is 1. The van der Waals surface area contributed by atoms with E-state index in [1.165, 1.54) is 0 Å². The Labute approximate surface area is 168 Å². The van der Waals surface area contributed by atoms with Crippen LogP contribution in [0.3, 0.4) is 0 Å². The molecule has 0 radical (unpaired) electrons. The molecule has 3 aromatic rings. The molecule has 0 bridgehead atoms. The van der Waals surface area contributed by atoms with Crippen molar-refractivity contribution in [2.75, 3.05) is 13.2 Å². The van der Waals surface area contributed by atoms with Gasteiger partial charge in [-0.15, -0.1) is 11.3 Å². The highest BCUT2D eigenvalue weighted by Crippen LogP contribution is 2.36. The van der Waals surface area contributed by atoms with Gasteiger partial charge in [-0.1, -0.05) is 12.1 Å². The lowest BCUT2D eigenvalue weighted by atomic mass is 10.2. The number of ether oxygens (including phenoxy) is 2. The van der Waals surface area contributed by atoms with Gasteiger partial charge in [-0.25, -0.2) is 4.98 Å². The molecule has 0 aliphatic rings. The van der Waals surface area contributed by atoms with Gasteiger partial charge in [0.25, 0.3) is 5.91 Å². The van der Waals surface area contributed by atoms with Gasteiger partial charge < -0.3 is 14.8 Å². The zero-order chi connectivity index (χ0) is 19.2. The van der Waals surface area contributed by atoms with Gasteiger partial charge in [-0.3, -0.25) is 4.79 Å². The fourth-order valence-corrected chi connectivity index (χ4v) is 3.86. The van der Waals surface area contributed by atoms with Gasteiger partial charge in [0.05, 0.1) is 39.5 Å². The summed E-state index contributed by atoms with van der Waals surface area (Å²) < 4.78 is 12.8. The van der Waals surface area contributed by atoms with Gasteiger partial charge in [0.1, 0.15) is 5.01 Å². The lowest BCUT2D eigenvalue weighted by Crippen LogP contribution is -2.28. The van der Waals surface area contributed by atoms with E-state index in [1.54, 1.807) is 23.5 Å². The predicted octanol–water partition coefficient (Wildman–Crippen LogP) is 4.02. The van der Waals surface area contributed by atoms with Crippen molar-refractivity contribution in [1.82, 2.24) is 10.3 Å². The summed E-state index contributed by atoms with van der Waals surface area (Å²) in [5.41, 5.74) is 1.36. The number of rotatable bonds is 7. The topological polar surface area (TPSA) is 84.2 Å². The Kier molecular flexibility index (Phi) is 6.27. The number of benzene rings is 2. The van der Waals surface area contributed by atoms with E-state index in [0.29, 0.717) is 34.7 Å². The average molecular weight is 446 g/mol. The lowest BCUT2D eigenvalue weighted by molar-refractivity contribution is -0.123. The summed E-state index contributed by atoms with van der Waals surface area (Å²) in [6.07, 6.45) is 0. The molecule has 0 spiro atoms. The number of hydrogen-bond acceptors (Lipinski definition) is 6. The van der Waals surface area contributed by atoms with Crippen LogP contribution in [0.1, 0.15) is 17.5 Å². The standard InChI is InChI=1S/C19H16BrN3O3S/c1-2-25-15-8-12(9-21)7-13(20)19(15)26-11-17(24)22-10-18-23-14-5-3-4-6-16(14)27-18/h3-8H,2,10-11H2,1H3,(H,22,24). The van der Waals surface area contributed by atoms with Crippen molar-refractivity contribution < 1.29 is 14.3 Å². The largest absolute Gasteiger partial charge is 0.490 e. The third kappa shape index (κ3) is 4.76. The minimum atomic E-state index is -0.270. The first-order valence-electron chi connectivity index (χ1n) is 8.21. The van der Waals surface area contributed by atoms with Crippen LogP contribution in [0.5, 0.6) is 11.5 Å². The molecule has 0 saturated carbocycles. The smallest absolute Gasteiger partial charge is 0.258 e. The first kappa shape index (κ1) is 19.1. The summed E-state index contributed by atoms with van der Waals surface area (Å²) in [6.45, 7) is 2.42. The molecule has 2 aromatic carbocycles. The van der Waals surface area contributed by atoms with Gasteiger partial charge in [-0.2, -0.15) is 5.26 Å². The van der Waals surface area contributed by atoms with Crippen LogP contribution in [0, 0.1) is 11.3 Å². The molecule has 138 valence electrons. The number of para-hydroxylation sites is 1. The van der Waals surface area contributed by atoms with E-state index in [4.69, 9.17) is 14.7 Å². The molecule has 0 fully saturated rings. The van der Waals surface area contributed by atoms with Crippen molar-refractivity contribution >= 4 is 43.4 Å². The monoisotopic (exact) mass is 445 g/mol. The Morgan fingerprint density at radius 2 is 2.15 bits per heavy atom. The van der Waals surface area contributed by atoms with Crippen LogP contribution in [0.15, 0.2) is 40.9 Å². The van der Waals surface area contributed by atoms with E-state index in [2.05, 4.69) is 32.3 Å². The molecule has 0 saturated heterocycles. The second-order valence-corrected chi connectivity index (χ2v) is 7.44. The number of nitriles is 1. The van der Waals surface area contributed by atoms with Crippen LogP contribution in [0.4, 0.5) is 0 Å². The molecule has 8 heteroatoms. The second kappa shape index (κ2) is 8.84. The van der Waals surface area contributed by atoms with Gasteiger partial charge >= 0.3 is 0 Å². The predicted molar refractivity (Wildman–Crippen MR) is 107 cm³/mol. The Bertz CT molecular complexity index is 980. The van der Waals surface area contributed by atoms with Crippen molar-refractivity contribution in [2.45, 2.75) is 13.5 Å². The molecule has 0 aliphatic carbocycles. The molecule has 0 atom stereocenters. The van der Waals surface area contributed by atoms with Gasteiger partial charge in [0.15, 0.2) is 18.1 Å². The second-order valence-electron chi connectivity index (χ2n) is 5.47. The third-order valence-electron chi connectivity index (χ3n) is 3.56. The highest BCUT2D eigenvalue weighted by molar-refractivity contribution is 9.10. The lowest BCUT2D eigenvalue weighted by Gasteiger charge is -2.13. The van der Waals surface area contributed by atoms with E-state index in [-0.39, 0.29) is 12.5 Å². The maximum absolute atomic E-state index is 12.1. The number of nitrogens with one attached hydrogen (secondary N) is 1. The molecule has 1 N–H and O–H groups in total. The first-order chi connectivity index (χ1) is 13.1. The molecular formula is C19H16BrN3O3S. The minimum Gasteiger partial charge on any atom is -0.490 e. The van der Waals surface area contributed by atoms with Crippen LogP contribution in [-0.2, 0) is 11.3 Å². The van der Waals surface area contributed by atoms with Crippen LogP contribution < -0.4 is 14.8 Å². The van der Waals surface area contributed by atoms with Crippen molar-refractivity contribution in [3.63, 3.8) is 0 Å². The number of amides is 1. The number of carbonyl (C=O) groups excluding carboxylic acids is 1. The van der Waals surface area contributed by atoms with Crippen LogP contribution in [0.25, 0.3) is 10.2 Å². The number of fused-ring (bicyclic) bond motifs is 1. The number of hydrogen-bond donors (Lipinski definition) is 1. The third-order valence-corrected chi connectivity index (χ3v) is 5.19. The molecule has 27 heavy (non-hydrogen) atoms. The van der Waals surface area contributed by atoms with E-state index >= 15 is 0 Å². The number of thiazole rings is 1. The molecule has 0 aliphatic heterocycles. The van der Waals surface area contributed by atoms with Crippen molar-refractivity contribution in [1.29, 1.82) is 5.26 Å². The minimum absolute atomic E-state index is 0.171. The summed E-state index contributed by atoms with van der Waals surface area (Å²) in [5, 5.41) is 12.7. The molecule has 1 amide bonds. The molecule has 1 aromatic heterocycles. The molecule has 3 rings (SSSR count). The molecule has 6 nitrogen and oxygen atoms in total.